The third-order valence-electron chi connectivity index (χ3n) is 3.54. The van der Waals surface area contributed by atoms with Crippen LogP contribution in [-0.2, 0) is 10.0 Å². The first-order valence-electron chi connectivity index (χ1n) is 6.53. The highest BCUT2D eigenvalue weighted by Gasteiger charge is 2.30. The average molecular weight is 295 g/mol. The molecule has 1 saturated carbocycles. The van der Waals surface area contributed by atoms with E-state index in [1.54, 1.807) is 0 Å². The van der Waals surface area contributed by atoms with E-state index in [9.17, 15) is 13.5 Å². The number of hydrogen-bond acceptors (Lipinski definition) is 5. The fourth-order valence-corrected chi connectivity index (χ4v) is 3.37. The Balaban J connectivity index is 2.05. The SMILES string of the molecule is N#Cc1ccc(S(=O)(=O)NCC2(O)CCCCC2)cn1. The summed E-state index contributed by atoms with van der Waals surface area (Å²) in [5, 5.41) is 18.9. The van der Waals surface area contributed by atoms with Gasteiger partial charge in [0.2, 0.25) is 10.0 Å². The van der Waals surface area contributed by atoms with E-state index in [-0.39, 0.29) is 17.1 Å². The number of sulfonamides is 1. The topological polar surface area (TPSA) is 103 Å². The average Bonchev–Trinajstić information content (AvgIpc) is 2.46. The summed E-state index contributed by atoms with van der Waals surface area (Å²) in [6.07, 6.45) is 5.27. The summed E-state index contributed by atoms with van der Waals surface area (Å²) < 4.78 is 26.6. The Hall–Kier alpha value is -1.49. The van der Waals surface area contributed by atoms with Crippen LogP contribution in [0.25, 0.3) is 0 Å². The molecule has 1 aliphatic carbocycles. The highest BCUT2D eigenvalue weighted by molar-refractivity contribution is 7.89. The van der Waals surface area contributed by atoms with Crippen molar-refractivity contribution in [2.75, 3.05) is 6.54 Å². The molecule has 1 heterocycles. The lowest BCUT2D eigenvalue weighted by molar-refractivity contribution is 0.00945. The van der Waals surface area contributed by atoms with Crippen molar-refractivity contribution in [3.05, 3.63) is 24.0 Å². The zero-order chi connectivity index (χ0) is 14.6. The third kappa shape index (κ3) is 3.54. The van der Waals surface area contributed by atoms with E-state index in [0.29, 0.717) is 12.8 Å². The number of nitriles is 1. The van der Waals surface area contributed by atoms with Gasteiger partial charge in [-0.25, -0.2) is 18.1 Å². The largest absolute Gasteiger partial charge is 0.389 e. The van der Waals surface area contributed by atoms with Crippen molar-refractivity contribution in [3.63, 3.8) is 0 Å². The van der Waals surface area contributed by atoms with Crippen LogP contribution in [0.4, 0.5) is 0 Å². The minimum atomic E-state index is -3.70. The van der Waals surface area contributed by atoms with Crippen molar-refractivity contribution < 1.29 is 13.5 Å². The Bertz CT molecular complexity index is 599. The Morgan fingerprint density at radius 1 is 1.35 bits per heavy atom. The summed E-state index contributed by atoms with van der Waals surface area (Å²) >= 11 is 0. The summed E-state index contributed by atoms with van der Waals surface area (Å²) in [5.41, 5.74) is -0.791. The maximum absolute atomic E-state index is 12.1. The number of nitrogens with one attached hydrogen (secondary N) is 1. The van der Waals surface area contributed by atoms with Crippen LogP contribution in [0, 0.1) is 11.3 Å². The molecule has 0 radical (unpaired) electrons. The minimum absolute atomic E-state index is 0.00379. The molecule has 1 fully saturated rings. The molecule has 0 spiro atoms. The molecular formula is C13H17N3O3S. The Morgan fingerprint density at radius 3 is 2.60 bits per heavy atom. The Labute approximate surface area is 118 Å². The van der Waals surface area contributed by atoms with Gasteiger partial charge in [0.1, 0.15) is 16.7 Å². The van der Waals surface area contributed by atoms with E-state index in [1.165, 1.54) is 12.1 Å². The summed E-state index contributed by atoms with van der Waals surface area (Å²) in [6.45, 7) is 0.00926. The van der Waals surface area contributed by atoms with Crippen LogP contribution in [0.3, 0.4) is 0 Å². The van der Waals surface area contributed by atoms with E-state index in [4.69, 9.17) is 5.26 Å². The number of pyridine rings is 1. The van der Waals surface area contributed by atoms with Gasteiger partial charge in [-0.1, -0.05) is 19.3 Å². The molecule has 0 saturated heterocycles. The molecule has 0 amide bonds. The van der Waals surface area contributed by atoms with Gasteiger partial charge in [-0.05, 0) is 25.0 Å². The normalized spacial score (nSPS) is 18.4. The van der Waals surface area contributed by atoms with Crippen LogP contribution in [0.5, 0.6) is 0 Å². The molecule has 108 valence electrons. The number of rotatable bonds is 4. The van der Waals surface area contributed by atoms with Crippen molar-refractivity contribution in [1.29, 1.82) is 5.26 Å². The first-order valence-corrected chi connectivity index (χ1v) is 8.02. The maximum atomic E-state index is 12.1. The Kier molecular flexibility index (Phi) is 4.38. The van der Waals surface area contributed by atoms with Crippen LogP contribution < -0.4 is 4.72 Å². The quantitative estimate of drug-likeness (QED) is 0.860. The van der Waals surface area contributed by atoms with E-state index in [0.717, 1.165) is 25.5 Å². The molecule has 2 rings (SSSR count). The van der Waals surface area contributed by atoms with E-state index < -0.39 is 15.6 Å². The van der Waals surface area contributed by atoms with Crippen LogP contribution in [0.1, 0.15) is 37.8 Å². The minimum Gasteiger partial charge on any atom is -0.389 e. The summed E-state index contributed by atoms with van der Waals surface area (Å²) in [6, 6.07) is 4.51. The first kappa shape index (κ1) is 14.9. The van der Waals surface area contributed by atoms with Crippen molar-refractivity contribution in [2.24, 2.45) is 0 Å². The monoisotopic (exact) mass is 295 g/mol. The van der Waals surface area contributed by atoms with Gasteiger partial charge in [-0.3, -0.25) is 0 Å². The highest BCUT2D eigenvalue weighted by atomic mass is 32.2. The molecule has 2 N–H and O–H groups in total. The second kappa shape index (κ2) is 5.87. The summed E-state index contributed by atoms with van der Waals surface area (Å²) in [4.78, 5) is 3.73. The third-order valence-corrected chi connectivity index (χ3v) is 4.92. The van der Waals surface area contributed by atoms with Crippen LogP contribution in [-0.4, -0.2) is 30.7 Å². The van der Waals surface area contributed by atoms with Crippen molar-refractivity contribution >= 4 is 10.0 Å². The zero-order valence-corrected chi connectivity index (χ0v) is 11.9. The van der Waals surface area contributed by atoms with Crippen LogP contribution >= 0.6 is 0 Å². The molecule has 0 aromatic carbocycles. The van der Waals surface area contributed by atoms with Gasteiger partial charge in [-0.15, -0.1) is 0 Å². The molecular weight excluding hydrogens is 278 g/mol. The van der Waals surface area contributed by atoms with E-state index in [1.807, 2.05) is 6.07 Å². The van der Waals surface area contributed by atoms with E-state index >= 15 is 0 Å². The number of hydrogen-bond donors (Lipinski definition) is 2. The molecule has 0 bridgehead atoms. The van der Waals surface area contributed by atoms with E-state index in [2.05, 4.69) is 9.71 Å². The van der Waals surface area contributed by atoms with Crippen molar-refractivity contribution in [2.45, 2.75) is 42.6 Å². The van der Waals surface area contributed by atoms with Gasteiger partial charge in [-0.2, -0.15) is 5.26 Å². The predicted molar refractivity (Wildman–Crippen MR) is 72.2 cm³/mol. The van der Waals surface area contributed by atoms with Gasteiger partial charge in [0.05, 0.1) is 5.60 Å². The second-order valence-corrected chi connectivity index (χ2v) is 6.87. The van der Waals surface area contributed by atoms with Crippen LogP contribution in [0.2, 0.25) is 0 Å². The van der Waals surface area contributed by atoms with Gasteiger partial charge in [0.15, 0.2) is 0 Å². The molecule has 0 aliphatic heterocycles. The Morgan fingerprint density at radius 2 is 2.05 bits per heavy atom. The summed E-state index contributed by atoms with van der Waals surface area (Å²) in [5.74, 6) is 0. The molecule has 1 aromatic heterocycles. The molecule has 7 heteroatoms. The van der Waals surface area contributed by atoms with Crippen molar-refractivity contribution in [3.8, 4) is 6.07 Å². The molecule has 0 unspecified atom stereocenters. The lowest BCUT2D eigenvalue weighted by Crippen LogP contribution is -2.44. The maximum Gasteiger partial charge on any atom is 0.242 e. The first-order chi connectivity index (χ1) is 9.45. The predicted octanol–water partition coefficient (Wildman–Crippen LogP) is 0.927. The highest BCUT2D eigenvalue weighted by Crippen LogP contribution is 2.27. The molecule has 6 nitrogen and oxygen atoms in total. The fraction of sp³-hybridized carbons (Fsp3) is 0.538. The zero-order valence-electron chi connectivity index (χ0n) is 11.0. The molecule has 1 aliphatic rings. The van der Waals surface area contributed by atoms with Crippen molar-refractivity contribution in [1.82, 2.24) is 9.71 Å². The second-order valence-electron chi connectivity index (χ2n) is 5.10. The smallest absolute Gasteiger partial charge is 0.242 e. The number of aliphatic hydroxyl groups is 1. The lowest BCUT2D eigenvalue weighted by atomic mass is 9.85. The molecule has 20 heavy (non-hydrogen) atoms. The van der Waals surface area contributed by atoms with Gasteiger partial charge in [0, 0.05) is 12.7 Å². The number of aromatic nitrogens is 1. The van der Waals surface area contributed by atoms with Gasteiger partial charge >= 0.3 is 0 Å². The van der Waals surface area contributed by atoms with Crippen LogP contribution in [0.15, 0.2) is 23.2 Å². The standard InChI is InChI=1S/C13H17N3O3S/c14-8-11-4-5-12(9-15-11)20(18,19)16-10-13(17)6-2-1-3-7-13/h4-5,9,16-17H,1-3,6-7,10H2. The molecule has 0 atom stereocenters. The fourth-order valence-electron chi connectivity index (χ4n) is 2.30. The molecule has 1 aromatic rings. The summed E-state index contributed by atoms with van der Waals surface area (Å²) in [7, 11) is -3.70. The number of nitrogens with zero attached hydrogens (tertiary/aromatic N) is 2. The van der Waals surface area contributed by atoms with Gasteiger partial charge in [0.25, 0.3) is 0 Å². The van der Waals surface area contributed by atoms with Gasteiger partial charge < -0.3 is 5.11 Å². The lowest BCUT2D eigenvalue weighted by Gasteiger charge is -2.31.